The summed E-state index contributed by atoms with van der Waals surface area (Å²) in [6, 6.07) is 21.5. The number of rotatable bonds is 5. The molecule has 1 amide bonds. The van der Waals surface area contributed by atoms with Crippen LogP contribution in [-0.4, -0.2) is 11.0 Å². The second kappa shape index (κ2) is 8.92. The molecule has 35 heavy (non-hydrogen) atoms. The maximum atomic E-state index is 12.3. The second-order valence-corrected chi connectivity index (χ2v) is 10.8. The average Bonchev–Trinajstić information content (AvgIpc) is 2.85. The van der Waals surface area contributed by atoms with E-state index in [-0.39, 0.29) is 5.91 Å². The summed E-state index contributed by atoms with van der Waals surface area (Å²) < 4.78 is 0. The highest BCUT2D eigenvalue weighted by Crippen LogP contribution is 2.60. The van der Waals surface area contributed by atoms with E-state index in [0.29, 0.717) is 23.0 Å². The normalized spacial score (nSPS) is 26.8. The Labute approximate surface area is 206 Å². The molecule has 178 valence electrons. The number of anilines is 2. The number of hydrogen-bond donors (Lipinski definition) is 3. The van der Waals surface area contributed by atoms with Gasteiger partial charge in [0, 0.05) is 6.08 Å². The minimum absolute atomic E-state index is 0.217. The molecule has 3 aromatic carbocycles. The molecule has 0 atom stereocenters. The fourth-order valence-electron chi connectivity index (χ4n) is 7.18. The molecule has 4 nitrogen and oxygen atoms in total. The molecule has 4 aliphatic carbocycles. The van der Waals surface area contributed by atoms with Crippen LogP contribution >= 0.6 is 0 Å². The molecule has 4 bridgehead atoms. The predicted octanol–water partition coefficient (Wildman–Crippen LogP) is 6.83. The van der Waals surface area contributed by atoms with Gasteiger partial charge in [-0.05, 0) is 114 Å². The van der Waals surface area contributed by atoms with Crippen LogP contribution < -0.4 is 11.1 Å². The third-order valence-corrected chi connectivity index (χ3v) is 8.50. The summed E-state index contributed by atoms with van der Waals surface area (Å²) in [6.07, 6.45) is 10.1. The van der Waals surface area contributed by atoms with E-state index in [9.17, 15) is 9.90 Å². The number of phenols is 1. The molecule has 0 unspecified atom stereocenters. The zero-order valence-corrected chi connectivity index (χ0v) is 19.9. The van der Waals surface area contributed by atoms with Crippen LogP contribution in [0.15, 0.2) is 72.8 Å². The van der Waals surface area contributed by atoms with Gasteiger partial charge in [0.1, 0.15) is 5.75 Å². The lowest BCUT2D eigenvalue weighted by Gasteiger charge is -2.54. The van der Waals surface area contributed by atoms with Gasteiger partial charge >= 0.3 is 0 Å². The van der Waals surface area contributed by atoms with Crippen molar-refractivity contribution in [1.82, 2.24) is 0 Å². The van der Waals surface area contributed by atoms with Crippen molar-refractivity contribution in [2.24, 2.45) is 23.7 Å². The van der Waals surface area contributed by atoms with E-state index in [2.05, 4.69) is 23.5 Å². The van der Waals surface area contributed by atoms with Gasteiger partial charge in [0.2, 0.25) is 5.91 Å². The lowest BCUT2D eigenvalue weighted by Crippen LogP contribution is -2.43. The summed E-state index contributed by atoms with van der Waals surface area (Å²) in [5.74, 6) is 4.05. The van der Waals surface area contributed by atoms with Gasteiger partial charge in [-0.15, -0.1) is 0 Å². The number of amides is 1. The Morgan fingerprint density at radius 2 is 1.51 bits per heavy atom. The van der Waals surface area contributed by atoms with Gasteiger partial charge in [0.15, 0.2) is 0 Å². The largest absolute Gasteiger partial charge is 0.508 e. The molecule has 0 aliphatic heterocycles. The first-order valence-corrected chi connectivity index (χ1v) is 12.8. The Bertz CT molecular complexity index is 1250. The minimum atomic E-state index is -0.217. The first-order valence-electron chi connectivity index (χ1n) is 12.8. The number of nitrogens with one attached hydrogen (secondary N) is 1. The van der Waals surface area contributed by atoms with Crippen LogP contribution in [0.2, 0.25) is 0 Å². The van der Waals surface area contributed by atoms with E-state index in [4.69, 9.17) is 5.73 Å². The summed E-state index contributed by atoms with van der Waals surface area (Å²) in [4.78, 5) is 12.3. The SMILES string of the molecule is Nc1ccccc1NC(=O)C=Cc1ccc(-c2ccc(O)c(C3C4CC5CC(C4)CC3C5)c2)cc1. The van der Waals surface area contributed by atoms with Crippen LogP contribution in [0, 0.1) is 23.7 Å². The lowest BCUT2D eigenvalue weighted by atomic mass is 9.50. The molecule has 3 aromatic rings. The smallest absolute Gasteiger partial charge is 0.248 e. The molecule has 4 fully saturated rings. The van der Waals surface area contributed by atoms with Gasteiger partial charge < -0.3 is 16.2 Å². The van der Waals surface area contributed by atoms with Crippen molar-refractivity contribution in [2.45, 2.75) is 38.0 Å². The number of carbonyl (C=O) groups is 1. The summed E-state index contributed by atoms with van der Waals surface area (Å²) in [6.45, 7) is 0. The molecular weight excluding hydrogens is 432 g/mol. The standard InChI is InChI=1S/C31H32N2O2/c32-27-3-1-2-4-28(27)33-30(35)12-7-19-5-8-22(9-6-19)23-10-11-29(34)26(18-23)31-24-14-20-13-21(16-24)17-25(31)15-20/h1-12,18,20-21,24-25,31,34H,13-17,32H2,(H,33,35). The molecule has 0 saturated heterocycles. The van der Waals surface area contributed by atoms with Crippen molar-refractivity contribution in [2.75, 3.05) is 11.1 Å². The lowest BCUT2D eigenvalue weighted by molar-refractivity contribution is -0.111. The number of phenolic OH excluding ortho intramolecular Hbond substituents is 1. The molecule has 7 rings (SSSR count). The van der Waals surface area contributed by atoms with Gasteiger partial charge in [0.05, 0.1) is 11.4 Å². The van der Waals surface area contributed by atoms with Crippen LogP contribution in [0.25, 0.3) is 17.2 Å². The molecule has 0 aromatic heterocycles. The van der Waals surface area contributed by atoms with Crippen LogP contribution in [0.1, 0.15) is 49.1 Å². The molecule has 0 heterocycles. The van der Waals surface area contributed by atoms with Gasteiger partial charge in [0.25, 0.3) is 0 Å². The number of aromatic hydroxyl groups is 1. The zero-order chi connectivity index (χ0) is 23.9. The Kier molecular flexibility index (Phi) is 5.60. The number of benzene rings is 3. The maximum absolute atomic E-state index is 12.3. The fraction of sp³-hybridized carbons (Fsp3) is 0.323. The van der Waals surface area contributed by atoms with E-state index in [1.54, 1.807) is 18.2 Å². The minimum Gasteiger partial charge on any atom is -0.508 e. The van der Waals surface area contributed by atoms with Gasteiger partial charge in [-0.25, -0.2) is 0 Å². The zero-order valence-electron chi connectivity index (χ0n) is 19.9. The van der Waals surface area contributed by atoms with Crippen molar-refractivity contribution in [3.8, 4) is 16.9 Å². The fourth-order valence-corrected chi connectivity index (χ4v) is 7.18. The van der Waals surface area contributed by atoms with Crippen molar-refractivity contribution in [1.29, 1.82) is 0 Å². The molecule has 0 radical (unpaired) electrons. The third kappa shape index (κ3) is 4.34. The number of hydrogen-bond acceptors (Lipinski definition) is 3. The van der Waals surface area contributed by atoms with Crippen molar-refractivity contribution >= 4 is 23.4 Å². The first kappa shape index (κ1) is 22.0. The Morgan fingerprint density at radius 3 is 2.20 bits per heavy atom. The Morgan fingerprint density at radius 1 is 0.857 bits per heavy atom. The second-order valence-electron chi connectivity index (χ2n) is 10.8. The molecule has 0 spiro atoms. The molecule has 4 heteroatoms. The van der Waals surface area contributed by atoms with Crippen LogP contribution in [-0.2, 0) is 4.79 Å². The van der Waals surface area contributed by atoms with Gasteiger partial charge in [-0.2, -0.15) is 0 Å². The highest BCUT2D eigenvalue weighted by atomic mass is 16.3. The van der Waals surface area contributed by atoms with Gasteiger partial charge in [-0.3, -0.25) is 4.79 Å². The van der Waals surface area contributed by atoms with Crippen LogP contribution in [0.4, 0.5) is 11.4 Å². The quantitative estimate of drug-likeness (QED) is 0.286. The van der Waals surface area contributed by atoms with Crippen molar-refractivity contribution in [3.05, 3.63) is 83.9 Å². The highest BCUT2D eigenvalue weighted by Gasteiger charge is 2.49. The summed E-state index contributed by atoms with van der Waals surface area (Å²) in [5, 5.41) is 13.6. The van der Waals surface area contributed by atoms with E-state index in [1.165, 1.54) is 38.2 Å². The number of nitrogens with two attached hydrogens (primary N) is 1. The molecular formula is C31H32N2O2. The summed E-state index contributed by atoms with van der Waals surface area (Å²) in [5.41, 5.74) is 11.4. The number of carbonyl (C=O) groups excluding carboxylic acids is 1. The van der Waals surface area contributed by atoms with Gasteiger partial charge in [-0.1, -0.05) is 42.5 Å². The average molecular weight is 465 g/mol. The Balaban J connectivity index is 1.18. The highest BCUT2D eigenvalue weighted by molar-refractivity contribution is 6.03. The number of nitrogen functional groups attached to an aromatic ring is 1. The topological polar surface area (TPSA) is 75.3 Å². The predicted molar refractivity (Wildman–Crippen MR) is 142 cm³/mol. The van der Waals surface area contributed by atoms with E-state index in [0.717, 1.165) is 45.9 Å². The van der Waals surface area contributed by atoms with E-state index < -0.39 is 0 Å². The van der Waals surface area contributed by atoms with Crippen molar-refractivity contribution < 1.29 is 9.90 Å². The number of para-hydroxylation sites is 2. The molecule has 4 N–H and O–H groups in total. The van der Waals surface area contributed by atoms with Crippen LogP contribution in [0.5, 0.6) is 5.75 Å². The van der Waals surface area contributed by atoms with Crippen molar-refractivity contribution in [3.63, 3.8) is 0 Å². The van der Waals surface area contributed by atoms with E-state index in [1.807, 2.05) is 36.4 Å². The molecule has 4 saturated carbocycles. The first-order chi connectivity index (χ1) is 17.0. The molecule has 4 aliphatic rings. The maximum Gasteiger partial charge on any atom is 0.248 e. The summed E-state index contributed by atoms with van der Waals surface area (Å²) in [7, 11) is 0. The summed E-state index contributed by atoms with van der Waals surface area (Å²) >= 11 is 0. The monoisotopic (exact) mass is 464 g/mol. The van der Waals surface area contributed by atoms with E-state index >= 15 is 0 Å². The van der Waals surface area contributed by atoms with Crippen LogP contribution in [0.3, 0.4) is 0 Å². The Hall–Kier alpha value is -3.53. The third-order valence-electron chi connectivity index (χ3n) is 8.50.